The first-order valence-electron chi connectivity index (χ1n) is 5.85. The Balaban J connectivity index is 1.65. The Hall–Kier alpha value is -0.410. The quantitative estimate of drug-likeness (QED) is 0.752. The van der Waals surface area contributed by atoms with Gasteiger partial charge in [0.05, 0.1) is 11.2 Å². The Morgan fingerprint density at radius 1 is 1.53 bits per heavy atom. The Morgan fingerprint density at radius 3 is 2.87 bits per heavy atom. The normalized spacial score (nSPS) is 18.0. The summed E-state index contributed by atoms with van der Waals surface area (Å²) in [6.07, 6.45) is 5.32. The number of aryl methyl sites for hydroxylation is 1. The summed E-state index contributed by atoms with van der Waals surface area (Å²) < 4.78 is 0. The minimum Gasteiger partial charge on any atom is -0.316 e. The molecule has 15 heavy (non-hydrogen) atoms. The van der Waals surface area contributed by atoms with Crippen LogP contribution in [0.4, 0.5) is 0 Å². The van der Waals surface area contributed by atoms with E-state index in [9.17, 15) is 0 Å². The van der Waals surface area contributed by atoms with Gasteiger partial charge in [0, 0.05) is 18.0 Å². The Kier molecular flexibility index (Phi) is 3.42. The number of hydrogen-bond acceptors (Lipinski definition) is 3. The van der Waals surface area contributed by atoms with Crippen molar-refractivity contribution in [1.82, 2.24) is 10.3 Å². The third-order valence-electron chi connectivity index (χ3n) is 3.58. The van der Waals surface area contributed by atoms with Crippen molar-refractivity contribution in [3.05, 3.63) is 16.1 Å². The summed E-state index contributed by atoms with van der Waals surface area (Å²) >= 11 is 1.78. The highest BCUT2D eigenvalue weighted by Gasteiger charge is 2.39. The van der Waals surface area contributed by atoms with E-state index in [1.165, 1.54) is 36.4 Å². The van der Waals surface area contributed by atoms with Crippen LogP contribution in [0.15, 0.2) is 5.51 Å². The Bertz CT molecular complexity index is 315. The summed E-state index contributed by atoms with van der Waals surface area (Å²) in [6, 6.07) is 0. The molecule has 1 fully saturated rings. The summed E-state index contributed by atoms with van der Waals surface area (Å²) in [5, 5.41) is 3.58. The number of hydrogen-bond donors (Lipinski definition) is 1. The highest BCUT2D eigenvalue weighted by Crippen LogP contribution is 2.47. The van der Waals surface area contributed by atoms with Gasteiger partial charge in [0.25, 0.3) is 0 Å². The molecule has 84 valence electrons. The first kappa shape index (κ1) is 11.1. The fraction of sp³-hybridized carbons (Fsp3) is 0.750. The van der Waals surface area contributed by atoms with E-state index >= 15 is 0 Å². The third-order valence-corrected chi connectivity index (χ3v) is 4.58. The van der Waals surface area contributed by atoms with Crippen LogP contribution in [0.2, 0.25) is 0 Å². The van der Waals surface area contributed by atoms with Gasteiger partial charge >= 0.3 is 0 Å². The molecule has 1 heterocycles. The van der Waals surface area contributed by atoms with Crippen LogP contribution < -0.4 is 5.32 Å². The third kappa shape index (κ3) is 2.79. The second-order valence-corrected chi connectivity index (χ2v) is 5.58. The molecule has 0 radical (unpaired) electrons. The molecule has 0 spiro atoms. The summed E-state index contributed by atoms with van der Waals surface area (Å²) in [5.74, 6) is 0. The zero-order valence-corrected chi connectivity index (χ0v) is 10.5. The predicted molar refractivity (Wildman–Crippen MR) is 65.4 cm³/mol. The van der Waals surface area contributed by atoms with Gasteiger partial charge in [0.1, 0.15) is 0 Å². The second-order valence-electron chi connectivity index (χ2n) is 4.64. The molecule has 1 saturated carbocycles. The van der Waals surface area contributed by atoms with Crippen molar-refractivity contribution in [3.63, 3.8) is 0 Å². The van der Waals surface area contributed by atoms with Gasteiger partial charge in [-0.05, 0) is 38.0 Å². The van der Waals surface area contributed by atoms with E-state index in [2.05, 4.69) is 24.1 Å². The molecule has 0 saturated heterocycles. The predicted octanol–water partition coefficient (Wildman–Crippen LogP) is 2.77. The Morgan fingerprint density at radius 2 is 2.33 bits per heavy atom. The average Bonchev–Trinajstić information content (AvgIpc) is 2.92. The fourth-order valence-electron chi connectivity index (χ4n) is 1.95. The lowest BCUT2D eigenvalue weighted by Gasteiger charge is -2.12. The van der Waals surface area contributed by atoms with Gasteiger partial charge in [-0.25, -0.2) is 4.98 Å². The summed E-state index contributed by atoms with van der Waals surface area (Å²) in [6.45, 7) is 6.72. The SMILES string of the molecule is CCC1(CNCCc2scnc2C)CC1. The second kappa shape index (κ2) is 4.62. The van der Waals surface area contributed by atoms with E-state index < -0.39 is 0 Å². The lowest BCUT2D eigenvalue weighted by molar-refractivity contribution is 0.446. The summed E-state index contributed by atoms with van der Waals surface area (Å²) in [4.78, 5) is 5.70. The zero-order chi connectivity index (χ0) is 10.7. The van der Waals surface area contributed by atoms with Crippen LogP contribution in [0.25, 0.3) is 0 Å². The number of nitrogens with one attached hydrogen (secondary N) is 1. The lowest BCUT2D eigenvalue weighted by atomic mass is 10.0. The van der Waals surface area contributed by atoms with Crippen molar-refractivity contribution in [2.24, 2.45) is 5.41 Å². The molecular weight excluding hydrogens is 204 g/mol. The number of rotatable bonds is 6. The van der Waals surface area contributed by atoms with Crippen LogP contribution in [-0.4, -0.2) is 18.1 Å². The molecule has 0 bridgehead atoms. The van der Waals surface area contributed by atoms with E-state index in [1.807, 2.05) is 5.51 Å². The molecule has 0 amide bonds. The molecule has 0 atom stereocenters. The van der Waals surface area contributed by atoms with Crippen LogP contribution in [0, 0.1) is 12.3 Å². The summed E-state index contributed by atoms with van der Waals surface area (Å²) in [7, 11) is 0. The van der Waals surface area contributed by atoms with E-state index in [4.69, 9.17) is 0 Å². The van der Waals surface area contributed by atoms with Gasteiger partial charge in [-0.3, -0.25) is 0 Å². The van der Waals surface area contributed by atoms with Crippen molar-refractivity contribution in [3.8, 4) is 0 Å². The first-order valence-corrected chi connectivity index (χ1v) is 6.73. The minimum atomic E-state index is 0.669. The smallest absolute Gasteiger partial charge is 0.0797 e. The monoisotopic (exact) mass is 224 g/mol. The fourth-order valence-corrected chi connectivity index (χ4v) is 2.73. The van der Waals surface area contributed by atoms with Crippen molar-refractivity contribution >= 4 is 11.3 Å². The molecule has 0 unspecified atom stereocenters. The van der Waals surface area contributed by atoms with E-state index in [0.717, 1.165) is 13.0 Å². The lowest BCUT2D eigenvalue weighted by Crippen LogP contribution is -2.25. The first-order chi connectivity index (χ1) is 7.26. The standard InChI is InChI=1S/C12H20N2S/c1-3-12(5-6-12)8-13-7-4-11-10(2)14-9-15-11/h9,13H,3-8H2,1-2H3. The van der Waals surface area contributed by atoms with Gasteiger partial charge in [0.15, 0.2) is 0 Å². The van der Waals surface area contributed by atoms with Crippen molar-refractivity contribution in [1.29, 1.82) is 0 Å². The van der Waals surface area contributed by atoms with Gasteiger partial charge in [0.2, 0.25) is 0 Å². The molecule has 0 aromatic carbocycles. The van der Waals surface area contributed by atoms with E-state index in [0.29, 0.717) is 5.41 Å². The van der Waals surface area contributed by atoms with Crippen LogP contribution >= 0.6 is 11.3 Å². The molecule has 1 N–H and O–H groups in total. The van der Waals surface area contributed by atoms with Gasteiger partial charge in [-0.2, -0.15) is 0 Å². The average molecular weight is 224 g/mol. The molecule has 1 aliphatic rings. The van der Waals surface area contributed by atoms with Gasteiger partial charge < -0.3 is 5.32 Å². The number of nitrogens with zero attached hydrogens (tertiary/aromatic N) is 1. The molecule has 2 rings (SSSR count). The minimum absolute atomic E-state index is 0.669. The molecule has 2 nitrogen and oxygen atoms in total. The van der Waals surface area contributed by atoms with Crippen molar-refractivity contribution in [2.45, 2.75) is 39.5 Å². The zero-order valence-electron chi connectivity index (χ0n) is 9.68. The Labute approximate surface area is 96.1 Å². The van der Waals surface area contributed by atoms with Crippen LogP contribution in [0.3, 0.4) is 0 Å². The van der Waals surface area contributed by atoms with E-state index in [1.54, 1.807) is 11.3 Å². The number of aromatic nitrogens is 1. The maximum absolute atomic E-state index is 4.26. The maximum Gasteiger partial charge on any atom is 0.0797 e. The topological polar surface area (TPSA) is 24.9 Å². The molecule has 1 aliphatic carbocycles. The van der Waals surface area contributed by atoms with Crippen LogP contribution in [0.5, 0.6) is 0 Å². The van der Waals surface area contributed by atoms with Crippen LogP contribution in [-0.2, 0) is 6.42 Å². The van der Waals surface area contributed by atoms with Gasteiger partial charge in [-0.1, -0.05) is 6.92 Å². The van der Waals surface area contributed by atoms with Crippen molar-refractivity contribution < 1.29 is 0 Å². The van der Waals surface area contributed by atoms with Crippen molar-refractivity contribution in [2.75, 3.05) is 13.1 Å². The number of thiazole rings is 1. The molecule has 0 aliphatic heterocycles. The molecule has 1 aromatic rings. The van der Waals surface area contributed by atoms with Gasteiger partial charge in [-0.15, -0.1) is 11.3 Å². The van der Waals surface area contributed by atoms with E-state index in [-0.39, 0.29) is 0 Å². The highest BCUT2D eigenvalue weighted by molar-refractivity contribution is 7.09. The molecule has 1 aromatic heterocycles. The maximum atomic E-state index is 4.26. The molecular formula is C12H20N2S. The largest absolute Gasteiger partial charge is 0.316 e. The molecule has 3 heteroatoms. The highest BCUT2D eigenvalue weighted by atomic mass is 32.1. The van der Waals surface area contributed by atoms with Crippen LogP contribution in [0.1, 0.15) is 36.8 Å². The summed E-state index contributed by atoms with van der Waals surface area (Å²) in [5.41, 5.74) is 3.82.